The summed E-state index contributed by atoms with van der Waals surface area (Å²) in [4.78, 5) is 19.1. The first-order chi connectivity index (χ1) is 13.2. The maximum Gasteiger partial charge on any atom is 0.401 e. The van der Waals surface area contributed by atoms with Crippen LogP contribution in [0.4, 0.5) is 13.2 Å². The Morgan fingerprint density at radius 1 is 1.34 bits per heavy atom. The largest absolute Gasteiger partial charge is 0.401 e. The van der Waals surface area contributed by atoms with Crippen LogP contribution >= 0.6 is 24.0 Å². The molecule has 1 saturated heterocycles. The third-order valence-corrected chi connectivity index (χ3v) is 4.53. The number of amides is 1. The fraction of sp³-hybridized carbons (Fsp3) is 0.579. The van der Waals surface area contributed by atoms with Crippen LogP contribution in [0.3, 0.4) is 0 Å². The molecule has 2 rings (SSSR count). The first-order valence-corrected chi connectivity index (χ1v) is 9.25. The highest BCUT2D eigenvalue weighted by Gasteiger charge is 2.34. The van der Waals surface area contributed by atoms with Crippen LogP contribution in [-0.2, 0) is 6.42 Å². The first-order valence-electron chi connectivity index (χ1n) is 9.25. The Labute approximate surface area is 186 Å². The molecule has 0 radical (unpaired) electrons. The number of nitrogens with one attached hydrogen (secondary N) is 2. The number of aliphatic imine (C=N–C) groups is 1. The smallest absolute Gasteiger partial charge is 0.356 e. The van der Waals surface area contributed by atoms with Crippen molar-refractivity contribution in [3.63, 3.8) is 0 Å². The van der Waals surface area contributed by atoms with Crippen molar-refractivity contribution in [2.75, 3.05) is 47.3 Å². The molecule has 6 nitrogen and oxygen atoms in total. The molecule has 1 aromatic carbocycles. The van der Waals surface area contributed by atoms with Gasteiger partial charge in [0.05, 0.1) is 6.54 Å². The van der Waals surface area contributed by atoms with Gasteiger partial charge in [-0.25, -0.2) is 0 Å². The fourth-order valence-electron chi connectivity index (χ4n) is 3.18. The van der Waals surface area contributed by atoms with E-state index in [0.717, 1.165) is 5.56 Å². The van der Waals surface area contributed by atoms with E-state index in [9.17, 15) is 18.0 Å². The number of carbonyl (C=O) groups excluding carboxylic acids is 1. The van der Waals surface area contributed by atoms with Crippen molar-refractivity contribution in [2.24, 2.45) is 4.99 Å². The highest BCUT2D eigenvalue weighted by Crippen LogP contribution is 2.19. The van der Waals surface area contributed by atoms with E-state index in [2.05, 4.69) is 15.6 Å². The van der Waals surface area contributed by atoms with Crippen molar-refractivity contribution in [3.05, 3.63) is 35.4 Å². The van der Waals surface area contributed by atoms with Gasteiger partial charge in [-0.15, -0.1) is 24.0 Å². The molecule has 0 aromatic heterocycles. The number of carbonyl (C=O) groups is 1. The van der Waals surface area contributed by atoms with Crippen molar-refractivity contribution in [2.45, 2.75) is 25.1 Å². The minimum atomic E-state index is -4.17. The Balaban J connectivity index is 0.00000420. The van der Waals surface area contributed by atoms with Crippen molar-refractivity contribution >= 4 is 35.8 Å². The van der Waals surface area contributed by atoms with Gasteiger partial charge in [0.2, 0.25) is 0 Å². The Morgan fingerprint density at radius 2 is 2.07 bits per heavy atom. The van der Waals surface area contributed by atoms with E-state index in [1.807, 2.05) is 18.2 Å². The maximum absolute atomic E-state index is 12.5. The van der Waals surface area contributed by atoms with E-state index in [1.165, 1.54) is 9.80 Å². The van der Waals surface area contributed by atoms with Crippen LogP contribution in [0.15, 0.2) is 29.3 Å². The molecule has 1 atom stereocenters. The number of rotatable bonds is 6. The van der Waals surface area contributed by atoms with E-state index in [0.29, 0.717) is 44.0 Å². The van der Waals surface area contributed by atoms with Gasteiger partial charge in [-0.3, -0.25) is 14.7 Å². The van der Waals surface area contributed by atoms with Gasteiger partial charge in [0.15, 0.2) is 5.96 Å². The number of alkyl halides is 3. The number of hydrogen-bond donors (Lipinski definition) is 2. The lowest BCUT2D eigenvalue weighted by Crippen LogP contribution is -2.45. The van der Waals surface area contributed by atoms with Crippen LogP contribution in [0.1, 0.15) is 22.3 Å². The Morgan fingerprint density at radius 3 is 2.69 bits per heavy atom. The minimum absolute atomic E-state index is 0. The Hall–Kier alpha value is -1.56. The molecule has 2 N–H and O–H groups in total. The molecule has 164 valence electrons. The predicted molar refractivity (Wildman–Crippen MR) is 119 cm³/mol. The SMILES string of the molecule is CN=C(NCCc1cccc(C(=O)N(C)C)c1)NC1CCN(CC(F)(F)F)C1.I. The zero-order chi connectivity index (χ0) is 20.7. The minimum Gasteiger partial charge on any atom is -0.356 e. The van der Waals surface area contributed by atoms with Gasteiger partial charge in [-0.2, -0.15) is 13.2 Å². The Bertz CT molecular complexity index is 697. The molecule has 1 aromatic rings. The van der Waals surface area contributed by atoms with E-state index < -0.39 is 12.7 Å². The average Bonchev–Trinajstić information content (AvgIpc) is 3.05. The van der Waals surface area contributed by atoms with Crippen LogP contribution in [0, 0.1) is 0 Å². The molecule has 1 heterocycles. The summed E-state index contributed by atoms with van der Waals surface area (Å²) in [5, 5.41) is 6.36. The van der Waals surface area contributed by atoms with Gasteiger partial charge < -0.3 is 15.5 Å². The fourth-order valence-corrected chi connectivity index (χ4v) is 3.18. The van der Waals surface area contributed by atoms with Gasteiger partial charge >= 0.3 is 6.18 Å². The molecular formula is C19H29F3IN5O. The number of halogens is 4. The number of nitrogens with zero attached hydrogens (tertiary/aromatic N) is 3. The molecule has 0 spiro atoms. The lowest BCUT2D eigenvalue weighted by atomic mass is 10.1. The normalized spacial score (nSPS) is 17.6. The van der Waals surface area contributed by atoms with E-state index >= 15 is 0 Å². The number of benzene rings is 1. The van der Waals surface area contributed by atoms with Crippen LogP contribution in [0.5, 0.6) is 0 Å². The van der Waals surface area contributed by atoms with Crippen molar-refractivity contribution in [1.82, 2.24) is 20.4 Å². The summed E-state index contributed by atoms with van der Waals surface area (Å²) in [6, 6.07) is 7.40. The number of likely N-dealkylation sites (tertiary alicyclic amines) is 1. The Kier molecular flexibility index (Phi) is 10.2. The highest BCUT2D eigenvalue weighted by atomic mass is 127. The second-order valence-electron chi connectivity index (χ2n) is 7.13. The third kappa shape index (κ3) is 8.77. The molecule has 1 unspecified atom stereocenters. The molecule has 0 aliphatic carbocycles. The molecule has 10 heteroatoms. The zero-order valence-corrected chi connectivity index (χ0v) is 19.3. The van der Waals surface area contributed by atoms with Gasteiger partial charge in [0.25, 0.3) is 5.91 Å². The van der Waals surface area contributed by atoms with Crippen molar-refractivity contribution in [3.8, 4) is 0 Å². The van der Waals surface area contributed by atoms with Crippen LogP contribution < -0.4 is 10.6 Å². The molecule has 29 heavy (non-hydrogen) atoms. The van der Waals surface area contributed by atoms with Gasteiger partial charge in [0.1, 0.15) is 0 Å². The molecule has 0 bridgehead atoms. The van der Waals surface area contributed by atoms with E-state index in [4.69, 9.17) is 0 Å². The van der Waals surface area contributed by atoms with Crippen LogP contribution in [0.2, 0.25) is 0 Å². The molecule has 1 aliphatic rings. The van der Waals surface area contributed by atoms with E-state index in [1.54, 1.807) is 27.2 Å². The molecule has 1 amide bonds. The summed E-state index contributed by atoms with van der Waals surface area (Å²) in [5.41, 5.74) is 1.66. The summed E-state index contributed by atoms with van der Waals surface area (Å²) >= 11 is 0. The molecule has 0 saturated carbocycles. The summed E-state index contributed by atoms with van der Waals surface area (Å²) in [7, 11) is 5.06. The lowest BCUT2D eigenvalue weighted by Gasteiger charge is -2.20. The highest BCUT2D eigenvalue weighted by molar-refractivity contribution is 14.0. The zero-order valence-electron chi connectivity index (χ0n) is 16.9. The lowest BCUT2D eigenvalue weighted by molar-refractivity contribution is -0.143. The monoisotopic (exact) mass is 527 g/mol. The van der Waals surface area contributed by atoms with Crippen molar-refractivity contribution < 1.29 is 18.0 Å². The third-order valence-electron chi connectivity index (χ3n) is 4.53. The number of hydrogen-bond acceptors (Lipinski definition) is 3. The number of guanidine groups is 1. The summed E-state index contributed by atoms with van der Waals surface area (Å²) < 4.78 is 37.5. The molecule has 1 fully saturated rings. The topological polar surface area (TPSA) is 60.0 Å². The van der Waals surface area contributed by atoms with Crippen LogP contribution in [-0.4, -0.2) is 81.2 Å². The average molecular weight is 527 g/mol. The summed E-state index contributed by atoms with van der Waals surface area (Å²) in [6.07, 6.45) is -2.83. The molecule has 1 aliphatic heterocycles. The quantitative estimate of drug-likeness (QED) is 0.339. The predicted octanol–water partition coefficient (Wildman–Crippen LogP) is 2.35. The van der Waals surface area contributed by atoms with E-state index in [-0.39, 0.29) is 35.9 Å². The first kappa shape index (κ1) is 25.5. The second kappa shape index (κ2) is 11.6. The van der Waals surface area contributed by atoms with Gasteiger partial charge in [-0.1, -0.05) is 12.1 Å². The standard InChI is InChI=1S/C19H28F3N5O.HI/c1-23-18(25-16-8-10-27(12-16)13-19(20,21)22)24-9-7-14-5-4-6-15(11-14)17(28)26(2)3;/h4-6,11,16H,7-10,12-13H2,1-3H3,(H2,23,24,25);1H. The van der Waals surface area contributed by atoms with Crippen LogP contribution in [0.25, 0.3) is 0 Å². The second-order valence-corrected chi connectivity index (χ2v) is 7.13. The summed E-state index contributed by atoms with van der Waals surface area (Å²) in [6.45, 7) is 0.479. The summed E-state index contributed by atoms with van der Waals surface area (Å²) in [5.74, 6) is 0.524. The van der Waals surface area contributed by atoms with Gasteiger partial charge in [0, 0.05) is 52.4 Å². The van der Waals surface area contributed by atoms with Gasteiger partial charge in [-0.05, 0) is 30.5 Å². The maximum atomic E-state index is 12.5. The molecular weight excluding hydrogens is 498 g/mol. The van der Waals surface area contributed by atoms with Crippen molar-refractivity contribution in [1.29, 1.82) is 0 Å².